The van der Waals surface area contributed by atoms with Crippen molar-refractivity contribution in [3.8, 4) is 0 Å². The van der Waals surface area contributed by atoms with E-state index in [4.69, 9.17) is 9.47 Å². The van der Waals surface area contributed by atoms with E-state index >= 15 is 0 Å². The molecule has 0 aliphatic heterocycles. The van der Waals surface area contributed by atoms with Gasteiger partial charge in [0.05, 0.1) is 6.61 Å². The minimum atomic E-state index is -0.788. The molecule has 0 bridgehead atoms. The number of unbranched alkanes of at least 4 members (excludes halogenated alkanes) is 25. The predicted octanol–water partition coefficient (Wildman–Crippen LogP) is 25.0. The fourth-order valence-electron chi connectivity index (χ4n) is 9.49. The zero-order chi connectivity index (χ0) is 61.9. The first kappa shape index (κ1) is 81.0. The van der Waals surface area contributed by atoms with Crippen molar-refractivity contribution < 1.29 is 24.2 Å². The molecule has 0 heterocycles. The van der Waals surface area contributed by atoms with E-state index in [1.807, 2.05) is 0 Å². The SMILES string of the molecule is CC/C=C\C/C=C\C/C=C\C/C=C\C/C=C\C/C=C\C/C=C\C/C=C\C/C=C\C/C=C\CCCCCCCCCCCCC(=O)OC(CO)COC(=O)CCCCCCCCCCCCCCCCC/C=C\C/C=C\C/C=C\C/C=C\C/C=C\CC. The number of hydrogen-bond donors (Lipinski definition) is 1. The van der Waals surface area contributed by atoms with E-state index in [0.29, 0.717) is 12.8 Å². The highest BCUT2D eigenvalue weighted by Gasteiger charge is 2.16. The van der Waals surface area contributed by atoms with Crippen LogP contribution in [0, 0.1) is 0 Å². The molecule has 0 fully saturated rings. The van der Waals surface area contributed by atoms with Gasteiger partial charge >= 0.3 is 11.9 Å². The van der Waals surface area contributed by atoms with Gasteiger partial charge in [-0.25, -0.2) is 0 Å². The maximum atomic E-state index is 12.4. The number of esters is 2. The van der Waals surface area contributed by atoms with Gasteiger partial charge in [-0.3, -0.25) is 9.59 Å². The van der Waals surface area contributed by atoms with Crippen LogP contribution in [0.25, 0.3) is 0 Å². The Morgan fingerprint density at radius 2 is 0.465 bits per heavy atom. The van der Waals surface area contributed by atoms with Crippen molar-refractivity contribution in [3.05, 3.63) is 182 Å². The molecule has 484 valence electrons. The summed E-state index contributed by atoms with van der Waals surface area (Å²) in [5, 5.41) is 9.71. The van der Waals surface area contributed by atoms with Crippen LogP contribution < -0.4 is 0 Å². The number of carbonyl (C=O) groups excluding carboxylic acids is 2. The smallest absolute Gasteiger partial charge is 0.306 e. The molecule has 0 radical (unpaired) electrons. The average Bonchev–Trinajstić information content (AvgIpc) is 3.54. The molecular formula is C81H130O5. The van der Waals surface area contributed by atoms with Crippen LogP contribution in [0.3, 0.4) is 0 Å². The quantitative estimate of drug-likeness (QED) is 0.0373. The summed E-state index contributed by atoms with van der Waals surface area (Å²) in [5.41, 5.74) is 0. The largest absolute Gasteiger partial charge is 0.462 e. The fourth-order valence-corrected chi connectivity index (χ4v) is 9.49. The van der Waals surface area contributed by atoms with Crippen LogP contribution in [0.2, 0.25) is 0 Å². The third-order valence-corrected chi connectivity index (χ3v) is 14.7. The molecule has 5 nitrogen and oxygen atoms in total. The van der Waals surface area contributed by atoms with Gasteiger partial charge in [0.15, 0.2) is 6.10 Å². The third-order valence-electron chi connectivity index (χ3n) is 14.7. The van der Waals surface area contributed by atoms with Crippen LogP contribution in [0.1, 0.15) is 296 Å². The molecule has 0 aliphatic carbocycles. The molecule has 1 N–H and O–H groups in total. The van der Waals surface area contributed by atoms with Gasteiger partial charge in [-0.15, -0.1) is 0 Å². The second kappa shape index (κ2) is 74.3. The number of hydrogen-bond acceptors (Lipinski definition) is 5. The number of ether oxygens (including phenoxy) is 2. The summed E-state index contributed by atoms with van der Waals surface area (Å²) in [6.45, 7) is 3.92. The summed E-state index contributed by atoms with van der Waals surface area (Å²) in [4.78, 5) is 24.7. The molecule has 0 aliphatic rings. The van der Waals surface area contributed by atoms with Crippen molar-refractivity contribution in [2.75, 3.05) is 13.2 Å². The lowest BCUT2D eigenvalue weighted by atomic mass is 10.0. The Balaban J connectivity index is 3.55. The average molecular weight is 1180 g/mol. The van der Waals surface area contributed by atoms with Gasteiger partial charge in [0, 0.05) is 12.8 Å². The minimum absolute atomic E-state index is 0.0758. The molecular weight excluding hydrogens is 1050 g/mol. The third kappa shape index (κ3) is 71.5. The first-order valence-corrected chi connectivity index (χ1v) is 35.3. The first-order chi connectivity index (χ1) is 42.6. The molecule has 0 rings (SSSR count). The summed E-state index contributed by atoms with van der Waals surface area (Å²) in [6, 6.07) is 0. The Labute approximate surface area is 531 Å². The highest BCUT2D eigenvalue weighted by Crippen LogP contribution is 2.16. The van der Waals surface area contributed by atoms with E-state index in [0.717, 1.165) is 135 Å². The van der Waals surface area contributed by atoms with E-state index in [2.05, 4.69) is 196 Å². The molecule has 0 saturated heterocycles. The lowest BCUT2D eigenvalue weighted by molar-refractivity contribution is -0.161. The maximum absolute atomic E-state index is 12.4. The van der Waals surface area contributed by atoms with Crippen molar-refractivity contribution in [2.45, 2.75) is 302 Å². The Morgan fingerprint density at radius 1 is 0.267 bits per heavy atom. The van der Waals surface area contributed by atoms with Crippen LogP contribution in [-0.2, 0) is 19.1 Å². The van der Waals surface area contributed by atoms with Crippen LogP contribution in [-0.4, -0.2) is 36.4 Å². The van der Waals surface area contributed by atoms with Gasteiger partial charge in [-0.05, 0) is 135 Å². The summed E-state index contributed by atoms with van der Waals surface area (Å²) in [5.74, 6) is -0.599. The van der Waals surface area contributed by atoms with E-state index in [1.165, 1.54) is 135 Å². The maximum Gasteiger partial charge on any atom is 0.306 e. The number of aliphatic hydroxyl groups is 1. The molecule has 1 atom stereocenters. The van der Waals surface area contributed by atoms with Crippen LogP contribution in [0.4, 0.5) is 0 Å². The van der Waals surface area contributed by atoms with Crippen molar-refractivity contribution in [2.24, 2.45) is 0 Å². The van der Waals surface area contributed by atoms with Crippen molar-refractivity contribution in [1.82, 2.24) is 0 Å². The summed E-state index contributed by atoms with van der Waals surface area (Å²) >= 11 is 0. The molecule has 0 saturated carbocycles. The molecule has 0 aromatic rings. The minimum Gasteiger partial charge on any atom is -0.462 e. The van der Waals surface area contributed by atoms with Gasteiger partial charge in [-0.1, -0.05) is 331 Å². The molecule has 0 amide bonds. The fraction of sp³-hybridized carbons (Fsp3) is 0.605. The Bertz CT molecular complexity index is 1920. The zero-order valence-electron chi connectivity index (χ0n) is 55.5. The van der Waals surface area contributed by atoms with Crippen LogP contribution in [0.5, 0.6) is 0 Å². The van der Waals surface area contributed by atoms with E-state index < -0.39 is 6.10 Å². The van der Waals surface area contributed by atoms with Crippen molar-refractivity contribution >= 4 is 11.9 Å². The molecule has 5 heteroatoms. The number of rotatable bonds is 63. The summed E-state index contributed by atoms with van der Waals surface area (Å²) in [7, 11) is 0. The van der Waals surface area contributed by atoms with Crippen LogP contribution in [0.15, 0.2) is 182 Å². The summed E-state index contributed by atoms with van der Waals surface area (Å²) in [6.07, 6.45) is 116. The lowest BCUT2D eigenvalue weighted by Crippen LogP contribution is -2.28. The Hall–Kier alpha value is -5.00. The second-order valence-corrected chi connectivity index (χ2v) is 22.8. The Kier molecular flexibility index (Phi) is 69.9. The standard InChI is InChI=1S/C81H130O5/c1-3-5-7-9-11-13-15-17-19-21-23-25-27-29-31-33-35-36-37-38-39-40-41-42-43-44-46-48-50-52-54-56-58-60-62-64-66-68-70-72-74-76-81(84)86-79(77-82)78-85-80(83)75-73-71-69-67-65-63-61-59-57-55-53-51-49-47-45-34-32-30-28-26-24-22-20-18-16-14-12-10-8-6-4-2/h5-8,11-14,17-20,23-26,29-32,35-36,38-39,41-42,44,46,50,52,79,82H,3-4,9-10,15-16,21-22,27-28,33-34,37,40,43,45,47-49,51,53-78H2,1-2H3/b7-5-,8-6-,13-11-,14-12-,19-17-,20-18-,25-23-,26-24-,31-29-,32-30-,36-35-,39-38-,42-41-,46-44-,52-50-. The van der Waals surface area contributed by atoms with E-state index in [1.54, 1.807) is 0 Å². The van der Waals surface area contributed by atoms with Crippen molar-refractivity contribution in [1.29, 1.82) is 0 Å². The molecule has 0 aromatic carbocycles. The first-order valence-electron chi connectivity index (χ1n) is 35.3. The van der Waals surface area contributed by atoms with Gasteiger partial charge in [-0.2, -0.15) is 0 Å². The normalized spacial score (nSPS) is 13.4. The molecule has 1 unspecified atom stereocenters. The monoisotopic (exact) mass is 1180 g/mol. The van der Waals surface area contributed by atoms with Crippen molar-refractivity contribution in [3.63, 3.8) is 0 Å². The van der Waals surface area contributed by atoms with Gasteiger partial charge < -0.3 is 14.6 Å². The van der Waals surface area contributed by atoms with Gasteiger partial charge in [0.25, 0.3) is 0 Å². The number of aliphatic hydroxyl groups excluding tert-OH is 1. The molecule has 0 spiro atoms. The summed E-state index contributed by atoms with van der Waals surface area (Å²) < 4.78 is 10.8. The zero-order valence-corrected chi connectivity index (χ0v) is 55.5. The Morgan fingerprint density at radius 3 is 0.698 bits per heavy atom. The van der Waals surface area contributed by atoms with E-state index in [9.17, 15) is 14.7 Å². The highest BCUT2D eigenvalue weighted by molar-refractivity contribution is 5.70. The number of allylic oxidation sites excluding steroid dienone is 30. The van der Waals surface area contributed by atoms with Crippen LogP contribution >= 0.6 is 0 Å². The highest BCUT2D eigenvalue weighted by atomic mass is 16.6. The van der Waals surface area contributed by atoms with Gasteiger partial charge in [0.1, 0.15) is 6.61 Å². The number of carbonyl (C=O) groups is 2. The van der Waals surface area contributed by atoms with E-state index in [-0.39, 0.29) is 25.2 Å². The molecule has 86 heavy (non-hydrogen) atoms. The predicted molar refractivity (Wildman–Crippen MR) is 380 cm³/mol. The molecule has 0 aromatic heterocycles. The van der Waals surface area contributed by atoms with Gasteiger partial charge in [0.2, 0.25) is 0 Å². The second-order valence-electron chi connectivity index (χ2n) is 22.8. The topological polar surface area (TPSA) is 72.8 Å². The lowest BCUT2D eigenvalue weighted by Gasteiger charge is -2.15.